The van der Waals surface area contributed by atoms with E-state index in [1.54, 1.807) is 0 Å². The van der Waals surface area contributed by atoms with Gasteiger partial charge in [0.15, 0.2) is 0 Å². The molecule has 0 aromatic heterocycles. The lowest BCUT2D eigenvalue weighted by Gasteiger charge is -2.42. The topological polar surface area (TPSA) is 29.1 Å². The predicted octanol–water partition coefficient (Wildman–Crippen LogP) is 4.26. The van der Waals surface area contributed by atoms with E-state index < -0.39 is 0 Å². The molecule has 0 bridgehead atoms. The first-order valence-corrected chi connectivity index (χ1v) is 8.42. The third-order valence-electron chi connectivity index (χ3n) is 5.23. The van der Waals surface area contributed by atoms with Crippen LogP contribution in [0.1, 0.15) is 71.6 Å². The smallest absolute Gasteiger partial charge is 0.226 e. The Hall–Kier alpha value is -0.240. The van der Waals surface area contributed by atoms with Gasteiger partial charge in [-0.15, -0.1) is 11.6 Å². The molecule has 2 saturated carbocycles. The molecule has 0 heterocycles. The molecule has 2 aliphatic rings. The lowest BCUT2D eigenvalue weighted by molar-refractivity contribution is -0.134. The standard InChI is InChI=1S/C16H28ClNO/c1-13-7-6-10-16(11-13,12-17)18-14(19)15(2)8-4-3-5-9-15/h13H,3-12H2,1-2H3,(H,18,19). The van der Waals surface area contributed by atoms with Crippen LogP contribution >= 0.6 is 11.6 Å². The molecule has 1 N–H and O–H groups in total. The first-order valence-electron chi connectivity index (χ1n) is 7.88. The van der Waals surface area contributed by atoms with Gasteiger partial charge in [-0.2, -0.15) is 0 Å². The zero-order valence-corrected chi connectivity index (χ0v) is 13.2. The Morgan fingerprint density at radius 1 is 1.21 bits per heavy atom. The fraction of sp³-hybridized carbons (Fsp3) is 0.938. The van der Waals surface area contributed by atoms with Crippen LogP contribution in [0.25, 0.3) is 0 Å². The van der Waals surface area contributed by atoms with E-state index in [0.717, 1.165) is 25.7 Å². The summed E-state index contributed by atoms with van der Waals surface area (Å²) in [5.74, 6) is 1.48. The van der Waals surface area contributed by atoms with Crippen LogP contribution in [-0.4, -0.2) is 17.3 Å². The zero-order valence-electron chi connectivity index (χ0n) is 12.4. The molecule has 2 unspecified atom stereocenters. The second kappa shape index (κ2) is 6.03. The summed E-state index contributed by atoms with van der Waals surface area (Å²) in [5.41, 5.74) is -0.297. The van der Waals surface area contributed by atoms with Crippen molar-refractivity contribution in [2.24, 2.45) is 11.3 Å². The third-order valence-corrected chi connectivity index (χ3v) is 5.74. The van der Waals surface area contributed by atoms with Crippen molar-refractivity contribution in [3.05, 3.63) is 0 Å². The lowest BCUT2D eigenvalue weighted by atomic mass is 9.73. The molecule has 0 aromatic carbocycles. The van der Waals surface area contributed by atoms with Gasteiger partial charge >= 0.3 is 0 Å². The molecule has 0 aliphatic heterocycles. The lowest BCUT2D eigenvalue weighted by Crippen LogP contribution is -2.56. The summed E-state index contributed by atoms with van der Waals surface area (Å²) in [7, 11) is 0. The highest BCUT2D eigenvalue weighted by Gasteiger charge is 2.41. The summed E-state index contributed by atoms with van der Waals surface area (Å²) in [6.07, 6.45) is 10.3. The monoisotopic (exact) mass is 285 g/mol. The molecule has 0 aromatic rings. The maximum atomic E-state index is 12.7. The van der Waals surface area contributed by atoms with Gasteiger partial charge in [-0.1, -0.05) is 46.0 Å². The highest BCUT2D eigenvalue weighted by molar-refractivity contribution is 6.18. The van der Waals surface area contributed by atoms with E-state index >= 15 is 0 Å². The second-order valence-corrected chi connectivity index (χ2v) is 7.46. The van der Waals surface area contributed by atoms with E-state index in [-0.39, 0.29) is 16.9 Å². The summed E-state index contributed by atoms with van der Waals surface area (Å²) in [6.45, 7) is 4.41. The van der Waals surface area contributed by atoms with Crippen LogP contribution in [0.4, 0.5) is 0 Å². The Labute approximate surface area is 122 Å². The average Bonchev–Trinajstić information content (AvgIpc) is 2.39. The van der Waals surface area contributed by atoms with Crippen molar-refractivity contribution in [1.82, 2.24) is 5.32 Å². The Balaban J connectivity index is 2.03. The summed E-state index contributed by atoms with van der Waals surface area (Å²) >= 11 is 6.22. The molecule has 2 atom stereocenters. The van der Waals surface area contributed by atoms with E-state index in [9.17, 15) is 4.79 Å². The van der Waals surface area contributed by atoms with Crippen molar-refractivity contribution < 1.29 is 4.79 Å². The molecule has 2 aliphatic carbocycles. The highest BCUT2D eigenvalue weighted by Crippen LogP contribution is 2.38. The van der Waals surface area contributed by atoms with Crippen molar-refractivity contribution in [3.8, 4) is 0 Å². The van der Waals surface area contributed by atoms with Crippen LogP contribution in [0, 0.1) is 11.3 Å². The fourth-order valence-electron chi connectivity index (χ4n) is 3.88. The minimum Gasteiger partial charge on any atom is -0.349 e. The Morgan fingerprint density at radius 3 is 2.47 bits per heavy atom. The maximum absolute atomic E-state index is 12.7. The Morgan fingerprint density at radius 2 is 1.89 bits per heavy atom. The first-order chi connectivity index (χ1) is 9.00. The average molecular weight is 286 g/mol. The van der Waals surface area contributed by atoms with E-state index in [4.69, 9.17) is 11.6 Å². The minimum atomic E-state index is -0.155. The van der Waals surface area contributed by atoms with Crippen LogP contribution in [0.5, 0.6) is 0 Å². The van der Waals surface area contributed by atoms with Gasteiger partial charge in [0.2, 0.25) is 5.91 Å². The van der Waals surface area contributed by atoms with E-state index in [2.05, 4.69) is 19.2 Å². The van der Waals surface area contributed by atoms with Crippen molar-refractivity contribution in [2.45, 2.75) is 77.2 Å². The second-order valence-electron chi connectivity index (χ2n) is 7.19. The van der Waals surface area contributed by atoms with Crippen molar-refractivity contribution in [3.63, 3.8) is 0 Å². The number of amides is 1. The molecule has 3 heteroatoms. The van der Waals surface area contributed by atoms with Crippen LogP contribution in [0.2, 0.25) is 0 Å². The molecule has 0 spiro atoms. The van der Waals surface area contributed by atoms with Gasteiger partial charge < -0.3 is 5.32 Å². The van der Waals surface area contributed by atoms with Crippen molar-refractivity contribution in [2.75, 3.05) is 5.88 Å². The van der Waals surface area contributed by atoms with Crippen LogP contribution in [0.3, 0.4) is 0 Å². The molecule has 1 amide bonds. The van der Waals surface area contributed by atoms with Gasteiger partial charge in [0.25, 0.3) is 0 Å². The summed E-state index contributed by atoms with van der Waals surface area (Å²) in [4.78, 5) is 12.7. The van der Waals surface area contributed by atoms with Crippen LogP contribution in [0.15, 0.2) is 0 Å². The van der Waals surface area contributed by atoms with Gasteiger partial charge in [-0.3, -0.25) is 4.79 Å². The van der Waals surface area contributed by atoms with Crippen LogP contribution < -0.4 is 5.32 Å². The van der Waals surface area contributed by atoms with Crippen LogP contribution in [-0.2, 0) is 4.79 Å². The first kappa shape index (κ1) is 15.2. The molecule has 19 heavy (non-hydrogen) atoms. The molecular weight excluding hydrogens is 258 g/mol. The number of carbonyl (C=O) groups is 1. The Bertz CT molecular complexity index is 325. The minimum absolute atomic E-state index is 0.142. The molecular formula is C16H28ClNO. The van der Waals surface area contributed by atoms with Gasteiger partial charge in [0.1, 0.15) is 0 Å². The highest BCUT2D eigenvalue weighted by atomic mass is 35.5. The van der Waals surface area contributed by atoms with E-state index in [0.29, 0.717) is 11.8 Å². The van der Waals surface area contributed by atoms with E-state index in [1.165, 1.54) is 32.1 Å². The fourth-order valence-corrected chi connectivity index (χ4v) is 4.19. The number of rotatable bonds is 3. The number of alkyl halides is 1. The van der Waals surface area contributed by atoms with Gasteiger partial charge in [-0.25, -0.2) is 0 Å². The summed E-state index contributed by atoms with van der Waals surface area (Å²) in [6, 6.07) is 0. The number of hydrogen-bond donors (Lipinski definition) is 1. The van der Waals surface area contributed by atoms with Crippen molar-refractivity contribution >= 4 is 17.5 Å². The number of hydrogen-bond acceptors (Lipinski definition) is 1. The predicted molar refractivity (Wildman–Crippen MR) is 80.4 cm³/mol. The molecule has 0 saturated heterocycles. The van der Waals surface area contributed by atoms with Gasteiger partial charge in [0, 0.05) is 11.3 Å². The largest absolute Gasteiger partial charge is 0.349 e. The van der Waals surface area contributed by atoms with E-state index in [1.807, 2.05) is 0 Å². The molecule has 110 valence electrons. The number of nitrogens with one attached hydrogen (secondary N) is 1. The normalized spacial score (nSPS) is 34.8. The molecule has 2 fully saturated rings. The summed E-state index contributed by atoms with van der Waals surface area (Å²) < 4.78 is 0. The Kier molecular flexibility index (Phi) is 4.81. The maximum Gasteiger partial charge on any atom is 0.226 e. The van der Waals surface area contributed by atoms with Gasteiger partial charge in [0.05, 0.1) is 5.54 Å². The molecule has 0 radical (unpaired) electrons. The third kappa shape index (κ3) is 3.45. The summed E-state index contributed by atoms with van der Waals surface area (Å²) in [5, 5.41) is 3.35. The SMILES string of the molecule is CC1CCCC(CCl)(NC(=O)C2(C)CCCCC2)C1. The zero-order chi connectivity index (χ0) is 13.9. The van der Waals surface area contributed by atoms with Crippen molar-refractivity contribution in [1.29, 1.82) is 0 Å². The molecule has 2 rings (SSSR count). The number of carbonyl (C=O) groups excluding carboxylic acids is 1. The quantitative estimate of drug-likeness (QED) is 0.771. The van der Waals surface area contributed by atoms with Gasteiger partial charge in [-0.05, 0) is 31.6 Å². The number of halogens is 1. The molecule has 2 nitrogen and oxygen atoms in total.